The lowest BCUT2D eigenvalue weighted by Crippen LogP contribution is -2.41. The lowest BCUT2D eigenvalue weighted by atomic mass is 9.95. The summed E-state index contributed by atoms with van der Waals surface area (Å²) in [6.45, 7) is 5.85. The fraction of sp³-hybridized carbons (Fsp3) is 0.938. The van der Waals surface area contributed by atoms with Crippen LogP contribution < -0.4 is 5.73 Å². The molecular weight excluding hydrogens is 222 g/mol. The van der Waals surface area contributed by atoms with E-state index in [4.69, 9.17) is 5.73 Å². The van der Waals surface area contributed by atoms with Crippen molar-refractivity contribution in [1.82, 2.24) is 0 Å². The number of carbonyl (C=O) groups is 1. The molecule has 18 heavy (non-hydrogen) atoms. The van der Waals surface area contributed by atoms with Gasteiger partial charge >= 0.3 is 0 Å². The molecule has 0 spiro atoms. The van der Waals surface area contributed by atoms with Gasteiger partial charge in [0.15, 0.2) is 5.78 Å². The van der Waals surface area contributed by atoms with E-state index < -0.39 is 5.54 Å². The van der Waals surface area contributed by atoms with Gasteiger partial charge in [-0.05, 0) is 20.3 Å². The summed E-state index contributed by atoms with van der Waals surface area (Å²) in [6, 6.07) is 0. The van der Waals surface area contributed by atoms with Gasteiger partial charge in [-0.3, -0.25) is 4.79 Å². The van der Waals surface area contributed by atoms with Crippen LogP contribution in [0.25, 0.3) is 0 Å². The first kappa shape index (κ1) is 17.6. The number of nitrogens with two attached hydrogens (primary N) is 1. The molecule has 0 aromatic heterocycles. The van der Waals surface area contributed by atoms with E-state index in [0.717, 1.165) is 6.42 Å². The smallest absolute Gasteiger partial charge is 0.152 e. The van der Waals surface area contributed by atoms with Crippen LogP contribution in [0.3, 0.4) is 0 Å². The molecule has 108 valence electrons. The number of Topliss-reactive ketones (excluding diaryl/α,β-unsaturated/α-hetero) is 1. The Morgan fingerprint density at radius 3 is 1.61 bits per heavy atom. The first-order chi connectivity index (χ1) is 8.48. The normalized spacial score (nSPS) is 11.8. The van der Waals surface area contributed by atoms with Crippen LogP contribution in [0.4, 0.5) is 0 Å². The summed E-state index contributed by atoms with van der Waals surface area (Å²) >= 11 is 0. The summed E-state index contributed by atoms with van der Waals surface area (Å²) in [4.78, 5) is 11.6. The number of hydrogen-bond donors (Lipinski definition) is 1. The van der Waals surface area contributed by atoms with Crippen molar-refractivity contribution in [2.75, 3.05) is 0 Å². The first-order valence-corrected chi connectivity index (χ1v) is 7.80. The van der Waals surface area contributed by atoms with Gasteiger partial charge in [-0.15, -0.1) is 0 Å². The van der Waals surface area contributed by atoms with Crippen LogP contribution in [0.1, 0.15) is 91.4 Å². The average molecular weight is 255 g/mol. The van der Waals surface area contributed by atoms with Crippen LogP contribution in [0.2, 0.25) is 0 Å². The average Bonchev–Trinajstić information content (AvgIpc) is 2.30. The fourth-order valence-electron chi connectivity index (χ4n) is 2.10. The van der Waals surface area contributed by atoms with Crippen molar-refractivity contribution in [2.45, 2.75) is 96.9 Å². The molecule has 0 amide bonds. The van der Waals surface area contributed by atoms with Gasteiger partial charge in [0, 0.05) is 6.42 Å². The highest BCUT2D eigenvalue weighted by Gasteiger charge is 2.20. The van der Waals surface area contributed by atoms with Crippen molar-refractivity contribution in [3.8, 4) is 0 Å². The molecule has 2 nitrogen and oxygen atoms in total. The van der Waals surface area contributed by atoms with Gasteiger partial charge in [-0.25, -0.2) is 0 Å². The van der Waals surface area contributed by atoms with Crippen molar-refractivity contribution < 1.29 is 4.79 Å². The highest BCUT2D eigenvalue weighted by atomic mass is 16.1. The summed E-state index contributed by atoms with van der Waals surface area (Å²) in [7, 11) is 0. The Labute approximate surface area is 114 Å². The van der Waals surface area contributed by atoms with E-state index in [1.807, 2.05) is 0 Å². The summed E-state index contributed by atoms with van der Waals surface area (Å²) in [6.07, 6.45) is 13.7. The Kier molecular flexibility index (Phi) is 10.3. The summed E-state index contributed by atoms with van der Waals surface area (Å²) in [5.41, 5.74) is 5.11. The monoisotopic (exact) mass is 255 g/mol. The summed E-state index contributed by atoms with van der Waals surface area (Å²) < 4.78 is 0. The minimum atomic E-state index is -0.640. The molecule has 0 aliphatic carbocycles. The maximum Gasteiger partial charge on any atom is 0.152 e. The summed E-state index contributed by atoms with van der Waals surface area (Å²) in [5.74, 6) is 0.196. The Hall–Kier alpha value is -0.370. The predicted molar refractivity (Wildman–Crippen MR) is 79.7 cm³/mol. The number of rotatable bonds is 12. The Morgan fingerprint density at radius 2 is 1.22 bits per heavy atom. The molecular formula is C16H33NO. The van der Waals surface area contributed by atoms with Gasteiger partial charge in [0.1, 0.15) is 0 Å². The zero-order valence-electron chi connectivity index (χ0n) is 12.8. The molecule has 0 bridgehead atoms. The molecule has 0 rings (SSSR count). The van der Waals surface area contributed by atoms with E-state index in [2.05, 4.69) is 6.92 Å². The molecule has 0 radical (unpaired) electrons. The molecule has 0 aromatic carbocycles. The summed E-state index contributed by atoms with van der Waals surface area (Å²) in [5, 5.41) is 0. The minimum absolute atomic E-state index is 0.196. The molecule has 0 fully saturated rings. The molecule has 0 unspecified atom stereocenters. The van der Waals surface area contributed by atoms with Crippen molar-refractivity contribution >= 4 is 5.78 Å². The van der Waals surface area contributed by atoms with Crippen LogP contribution in [-0.4, -0.2) is 11.3 Å². The van der Waals surface area contributed by atoms with Crippen molar-refractivity contribution in [2.24, 2.45) is 5.73 Å². The van der Waals surface area contributed by atoms with Crippen molar-refractivity contribution in [1.29, 1.82) is 0 Å². The lowest BCUT2D eigenvalue weighted by Gasteiger charge is -2.16. The standard InChI is InChI=1S/C16H33NO/c1-4-5-6-7-8-9-10-11-12-13-14-15(18)16(2,3)17/h4-14,17H2,1-3H3. The van der Waals surface area contributed by atoms with Gasteiger partial charge in [-0.1, -0.05) is 64.7 Å². The molecule has 2 N–H and O–H groups in total. The molecule has 0 saturated heterocycles. The largest absolute Gasteiger partial charge is 0.319 e. The molecule has 0 aromatic rings. The molecule has 0 atom stereocenters. The third-order valence-electron chi connectivity index (χ3n) is 3.48. The maximum atomic E-state index is 11.6. The van der Waals surface area contributed by atoms with E-state index in [1.54, 1.807) is 13.8 Å². The van der Waals surface area contributed by atoms with Gasteiger partial charge in [0.2, 0.25) is 0 Å². The highest BCUT2D eigenvalue weighted by Crippen LogP contribution is 2.12. The number of ketones is 1. The van der Waals surface area contributed by atoms with Crippen LogP contribution >= 0.6 is 0 Å². The topological polar surface area (TPSA) is 43.1 Å². The second kappa shape index (κ2) is 10.5. The van der Waals surface area contributed by atoms with E-state index in [9.17, 15) is 4.79 Å². The molecule has 0 aliphatic rings. The molecule has 0 heterocycles. The van der Waals surface area contributed by atoms with Crippen LogP contribution in [0.15, 0.2) is 0 Å². The second-order valence-corrected chi connectivity index (χ2v) is 6.08. The molecule has 0 saturated carbocycles. The third kappa shape index (κ3) is 10.8. The van der Waals surface area contributed by atoms with Gasteiger partial charge in [0.05, 0.1) is 5.54 Å². The third-order valence-corrected chi connectivity index (χ3v) is 3.48. The van der Waals surface area contributed by atoms with Gasteiger partial charge < -0.3 is 5.73 Å². The SMILES string of the molecule is CCCCCCCCCCCCC(=O)C(C)(C)N. The van der Waals surface area contributed by atoms with Crippen LogP contribution in [0.5, 0.6) is 0 Å². The molecule has 2 heteroatoms. The van der Waals surface area contributed by atoms with Crippen LogP contribution in [0, 0.1) is 0 Å². The van der Waals surface area contributed by atoms with E-state index >= 15 is 0 Å². The van der Waals surface area contributed by atoms with Gasteiger partial charge in [-0.2, -0.15) is 0 Å². The first-order valence-electron chi connectivity index (χ1n) is 7.80. The van der Waals surface area contributed by atoms with Crippen molar-refractivity contribution in [3.63, 3.8) is 0 Å². The number of carbonyl (C=O) groups excluding carboxylic acids is 1. The van der Waals surface area contributed by atoms with E-state index in [1.165, 1.54) is 57.8 Å². The zero-order chi connectivity index (χ0) is 13.9. The Balaban J connectivity index is 3.19. The Morgan fingerprint density at radius 1 is 0.833 bits per heavy atom. The van der Waals surface area contributed by atoms with E-state index in [-0.39, 0.29) is 5.78 Å². The molecule has 0 aliphatic heterocycles. The number of unbranched alkanes of at least 4 members (excludes halogenated alkanes) is 9. The minimum Gasteiger partial charge on any atom is -0.319 e. The maximum absolute atomic E-state index is 11.6. The fourth-order valence-corrected chi connectivity index (χ4v) is 2.10. The number of hydrogen-bond acceptors (Lipinski definition) is 2. The quantitative estimate of drug-likeness (QED) is 0.518. The van der Waals surface area contributed by atoms with E-state index in [0.29, 0.717) is 6.42 Å². The Bertz CT molecular complexity index is 206. The zero-order valence-corrected chi connectivity index (χ0v) is 12.8. The van der Waals surface area contributed by atoms with Gasteiger partial charge in [0.25, 0.3) is 0 Å². The predicted octanol–water partition coefficient (Wildman–Crippen LogP) is 4.60. The lowest BCUT2D eigenvalue weighted by molar-refractivity contribution is -0.123. The van der Waals surface area contributed by atoms with Crippen LogP contribution in [-0.2, 0) is 4.79 Å². The second-order valence-electron chi connectivity index (χ2n) is 6.08. The highest BCUT2D eigenvalue weighted by molar-refractivity contribution is 5.87. The van der Waals surface area contributed by atoms with Crippen molar-refractivity contribution in [3.05, 3.63) is 0 Å².